The van der Waals surface area contributed by atoms with Crippen LogP contribution in [0.5, 0.6) is 11.5 Å². The molecule has 0 aliphatic carbocycles. The fraction of sp³-hybridized carbons (Fsp3) is 0.458. The van der Waals surface area contributed by atoms with E-state index < -0.39 is 0 Å². The lowest BCUT2D eigenvalue weighted by Gasteiger charge is -2.26. The zero-order valence-corrected chi connectivity index (χ0v) is 21.6. The number of methoxy groups -OCH3 is 1. The van der Waals surface area contributed by atoms with Crippen molar-refractivity contribution in [1.29, 1.82) is 0 Å². The standard InChI is InChI=1S/C24H34N4O3.HI/c1-4-25-24(27-21-9-10-22(29-3)23(16-21)31-5-2)26-17-19-7-6-8-20(15-19)18-28-11-13-30-14-12-28;/h6-10,15-16H,4-5,11-14,17-18H2,1-3H3,(H2,25,26,27);1H. The topological polar surface area (TPSA) is 67.4 Å². The van der Waals surface area contributed by atoms with E-state index in [9.17, 15) is 0 Å². The van der Waals surface area contributed by atoms with Gasteiger partial charge in [-0.25, -0.2) is 4.99 Å². The minimum Gasteiger partial charge on any atom is -0.493 e. The maximum Gasteiger partial charge on any atom is 0.196 e. The molecule has 0 radical (unpaired) electrons. The van der Waals surface area contributed by atoms with Gasteiger partial charge in [-0.05, 0) is 37.1 Å². The van der Waals surface area contributed by atoms with Crippen LogP contribution in [0.3, 0.4) is 0 Å². The normalized spacial score (nSPS) is 14.4. The summed E-state index contributed by atoms with van der Waals surface area (Å²) in [4.78, 5) is 7.20. The summed E-state index contributed by atoms with van der Waals surface area (Å²) in [5.41, 5.74) is 3.39. The third-order valence-electron chi connectivity index (χ3n) is 4.99. The highest BCUT2D eigenvalue weighted by Crippen LogP contribution is 2.30. The predicted molar refractivity (Wildman–Crippen MR) is 141 cm³/mol. The number of morpholine rings is 1. The van der Waals surface area contributed by atoms with Gasteiger partial charge in [-0.1, -0.05) is 24.3 Å². The van der Waals surface area contributed by atoms with E-state index in [-0.39, 0.29) is 24.0 Å². The molecule has 0 bridgehead atoms. The number of nitrogens with zero attached hydrogens (tertiary/aromatic N) is 2. The van der Waals surface area contributed by atoms with Crippen molar-refractivity contribution in [2.24, 2.45) is 4.99 Å². The first-order valence-corrected chi connectivity index (χ1v) is 11.0. The molecule has 8 heteroatoms. The van der Waals surface area contributed by atoms with Crippen molar-refractivity contribution in [3.8, 4) is 11.5 Å². The fourth-order valence-corrected chi connectivity index (χ4v) is 3.48. The smallest absolute Gasteiger partial charge is 0.196 e. The summed E-state index contributed by atoms with van der Waals surface area (Å²) in [6.45, 7) is 10.5. The van der Waals surface area contributed by atoms with Crippen LogP contribution in [0.4, 0.5) is 5.69 Å². The zero-order valence-electron chi connectivity index (χ0n) is 19.2. The van der Waals surface area contributed by atoms with Crippen LogP contribution in [-0.4, -0.2) is 57.4 Å². The van der Waals surface area contributed by atoms with E-state index in [0.29, 0.717) is 24.7 Å². The molecule has 1 heterocycles. The number of benzene rings is 2. The summed E-state index contributed by atoms with van der Waals surface area (Å²) < 4.78 is 16.5. The molecule has 32 heavy (non-hydrogen) atoms. The van der Waals surface area contributed by atoms with Gasteiger partial charge in [-0.3, -0.25) is 4.90 Å². The van der Waals surface area contributed by atoms with Gasteiger partial charge in [-0.15, -0.1) is 24.0 Å². The van der Waals surface area contributed by atoms with E-state index in [1.165, 1.54) is 11.1 Å². The van der Waals surface area contributed by atoms with Gasteiger partial charge in [0.15, 0.2) is 17.5 Å². The third-order valence-corrected chi connectivity index (χ3v) is 4.99. The third kappa shape index (κ3) is 8.14. The minimum atomic E-state index is 0. The van der Waals surface area contributed by atoms with Crippen LogP contribution in [0, 0.1) is 0 Å². The maximum atomic E-state index is 5.68. The summed E-state index contributed by atoms with van der Waals surface area (Å²) in [5, 5.41) is 6.67. The molecular formula is C24H35IN4O3. The van der Waals surface area contributed by atoms with Gasteiger partial charge in [0.05, 0.1) is 33.5 Å². The van der Waals surface area contributed by atoms with Crippen molar-refractivity contribution in [2.75, 3.05) is 51.9 Å². The Hall–Kier alpha value is -2.04. The second-order valence-electron chi connectivity index (χ2n) is 7.33. The molecule has 1 aliphatic rings. The number of ether oxygens (including phenoxy) is 3. The highest BCUT2D eigenvalue weighted by molar-refractivity contribution is 14.0. The van der Waals surface area contributed by atoms with Crippen LogP contribution < -0.4 is 20.1 Å². The molecule has 1 aliphatic heterocycles. The van der Waals surface area contributed by atoms with Crippen molar-refractivity contribution in [1.82, 2.24) is 10.2 Å². The minimum absolute atomic E-state index is 0. The van der Waals surface area contributed by atoms with Crippen molar-refractivity contribution < 1.29 is 14.2 Å². The Morgan fingerprint density at radius 3 is 2.56 bits per heavy atom. The number of aliphatic imine (C=N–C) groups is 1. The summed E-state index contributed by atoms with van der Waals surface area (Å²) in [6.07, 6.45) is 0. The van der Waals surface area contributed by atoms with Gasteiger partial charge in [-0.2, -0.15) is 0 Å². The number of guanidine groups is 1. The van der Waals surface area contributed by atoms with Crippen LogP contribution in [-0.2, 0) is 17.8 Å². The average Bonchev–Trinajstić information content (AvgIpc) is 2.79. The summed E-state index contributed by atoms with van der Waals surface area (Å²) in [5.74, 6) is 2.15. The molecule has 2 N–H and O–H groups in total. The van der Waals surface area contributed by atoms with Crippen LogP contribution in [0.15, 0.2) is 47.5 Å². The van der Waals surface area contributed by atoms with Crippen LogP contribution >= 0.6 is 24.0 Å². The average molecular weight is 554 g/mol. The monoisotopic (exact) mass is 554 g/mol. The van der Waals surface area contributed by atoms with E-state index >= 15 is 0 Å². The number of halogens is 1. The molecule has 0 saturated carbocycles. The highest BCUT2D eigenvalue weighted by atomic mass is 127. The fourth-order valence-electron chi connectivity index (χ4n) is 3.48. The Morgan fingerprint density at radius 2 is 1.84 bits per heavy atom. The van der Waals surface area contributed by atoms with E-state index in [4.69, 9.17) is 19.2 Å². The van der Waals surface area contributed by atoms with Gasteiger partial charge in [0, 0.05) is 37.9 Å². The molecule has 176 valence electrons. The lowest BCUT2D eigenvalue weighted by atomic mass is 10.1. The van der Waals surface area contributed by atoms with Crippen LogP contribution in [0.1, 0.15) is 25.0 Å². The van der Waals surface area contributed by atoms with Gasteiger partial charge >= 0.3 is 0 Å². The summed E-state index contributed by atoms with van der Waals surface area (Å²) >= 11 is 0. The number of rotatable bonds is 9. The maximum absolute atomic E-state index is 5.68. The van der Waals surface area contributed by atoms with E-state index in [1.807, 2.05) is 25.1 Å². The van der Waals surface area contributed by atoms with Crippen molar-refractivity contribution in [3.63, 3.8) is 0 Å². The molecule has 7 nitrogen and oxygen atoms in total. The van der Waals surface area contributed by atoms with Crippen molar-refractivity contribution in [2.45, 2.75) is 26.9 Å². The van der Waals surface area contributed by atoms with Crippen molar-refractivity contribution in [3.05, 3.63) is 53.6 Å². The van der Waals surface area contributed by atoms with E-state index in [1.54, 1.807) is 7.11 Å². The number of nitrogens with one attached hydrogen (secondary N) is 2. The van der Waals surface area contributed by atoms with Gasteiger partial charge in [0.1, 0.15) is 0 Å². The first-order valence-electron chi connectivity index (χ1n) is 11.0. The molecule has 1 fully saturated rings. The molecule has 0 atom stereocenters. The van der Waals surface area contributed by atoms with Gasteiger partial charge in [0.2, 0.25) is 0 Å². The SMILES string of the molecule is CCNC(=NCc1cccc(CN2CCOCC2)c1)Nc1ccc(OC)c(OCC)c1.I. The Morgan fingerprint density at radius 1 is 1.06 bits per heavy atom. The number of hydrogen-bond donors (Lipinski definition) is 2. The van der Waals surface area contributed by atoms with Crippen molar-refractivity contribution >= 4 is 35.6 Å². The van der Waals surface area contributed by atoms with Gasteiger partial charge < -0.3 is 24.8 Å². The van der Waals surface area contributed by atoms with Gasteiger partial charge in [0.25, 0.3) is 0 Å². The molecule has 0 spiro atoms. The quantitative estimate of drug-likeness (QED) is 0.276. The zero-order chi connectivity index (χ0) is 21.9. The first kappa shape index (κ1) is 26.2. The number of anilines is 1. The summed E-state index contributed by atoms with van der Waals surface area (Å²) in [7, 11) is 1.64. The molecule has 2 aromatic rings. The predicted octanol–water partition coefficient (Wildman–Crippen LogP) is 4.12. The van der Waals surface area contributed by atoms with Crippen LogP contribution in [0.25, 0.3) is 0 Å². The molecule has 1 saturated heterocycles. The molecule has 0 amide bonds. The molecule has 3 rings (SSSR count). The second-order valence-corrected chi connectivity index (χ2v) is 7.33. The Kier molecular flexibility index (Phi) is 11.6. The first-order chi connectivity index (χ1) is 15.2. The van der Waals surface area contributed by atoms with E-state index in [0.717, 1.165) is 51.0 Å². The summed E-state index contributed by atoms with van der Waals surface area (Å²) in [6, 6.07) is 14.4. The Bertz CT molecular complexity index is 857. The number of hydrogen-bond acceptors (Lipinski definition) is 5. The molecule has 2 aromatic carbocycles. The lowest BCUT2D eigenvalue weighted by molar-refractivity contribution is 0.0342. The largest absolute Gasteiger partial charge is 0.493 e. The Labute approximate surface area is 208 Å². The molecular weight excluding hydrogens is 519 g/mol. The van der Waals surface area contributed by atoms with E-state index in [2.05, 4.69) is 46.7 Å². The van der Waals surface area contributed by atoms with Crippen LogP contribution in [0.2, 0.25) is 0 Å². The Balaban J connectivity index is 0.00000363. The second kappa shape index (κ2) is 14.2. The lowest BCUT2D eigenvalue weighted by Crippen LogP contribution is -2.35. The molecule has 0 unspecified atom stereocenters. The molecule has 0 aromatic heterocycles. The highest BCUT2D eigenvalue weighted by Gasteiger charge is 2.11.